The molecule has 0 aliphatic heterocycles. The van der Waals surface area contributed by atoms with Gasteiger partial charge in [0.25, 0.3) is 0 Å². The van der Waals surface area contributed by atoms with Gasteiger partial charge < -0.3 is 11.1 Å². The van der Waals surface area contributed by atoms with Gasteiger partial charge in [0.2, 0.25) is 0 Å². The second kappa shape index (κ2) is 5.31. The molecule has 52 valence electrons. The summed E-state index contributed by atoms with van der Waals surface area (Å²) in [5, 5.41) is 2.76. The van der Waals surface area contributed by atoms with Gasteiger partial charge in [0.15, 0.2) is 0 Å². The molecule has 3 nitrogen and oxygen atoms in total. The van der Waals surface area contributed by atoms with Gasteiger partial charge in [0, 0.05) is 5.70 Å². The van der Waals surface area contributed by atoms with Crippen molar-refractivity contribution in [3.05, 3.63) is 11.8 Å². The Bertz CT molecular complexity index is 115. The summed E-state index contributed by atoms with van der Waals surface area (Å²) in [6.45, 7) is 4.30. The Morgan fingerprint density at radius 1 is 1.78 bits per heavy atom. The Morgan fingerprint density at radius 3 is 2.89 bits per heavy atom. The lowest BCUT2D eigenvalue weighted by Crippen LogP contribution is -2.20. The molecular weight excluding hydrogens is 114 g/mol. The first-order valence-corrected chi connectivity index (χ1v) is 2.90. The van der Waals surface area contributed by atoms with Crippen molar-refractivity contribution >= 4 is 6.34 Å². The molecule has 0 saturated carbocycles. The Labute approximate surface area is 55.7 Å². The van der Waals surface area contributed by atoms with E-state index in [-0.39, 0.29) is 0 Å². The highest BCUT2D eigenvalue weighted by Crippen LogP contribution is 1.88. The zero-order valence-corrected chi connectivity index (χ0v) is 5.89. The van der Waals surface area contributed by atoms with Crippen LogP contribution in [-0.2, 0) is 0 Å². The summed E-state index contributed by atoms with van der Waals surface area (Å²) in [6, 6.07) is 0. The summed E-state index contributed by atoms with van der Waals surface area (Å²) in [5.74, 6) is 0. The minimum atomic E-state index is 0.431. The number of allylic oxidation sites excluding steroid dienone is 2. The number of hydrogen-bond acceptors (Lipinski definition) is 2. The number of nitrogens with one attached hydrogen (secondary N) is 1. The van der Waals surface area contributed by atoms with Crippen LogP contribution in [0.15, 0.2) is 16.8 Å². The van der Waals surface area contributed by atoms with Crippen molar-refractivity contribution < 1.29 is 0 Å². The number of rotatable bonds is 3. The molecule has 0 radical (unpaired) electrons. The first-order valence-electron chi connectivity index (χ1n) is 2.90. The zero-order chi connectivity index (χ0) is 7.11. The summed E-state index contributed by atoms with van der Waals surface area (Å²) in [4.78, 5) is 3.98. The second-order valence-electron chi connectivity index (χ2n) is 1.60. The lowest BCUT2D eigenvalue weighted by atomic mass is 10.5. The van der Waals surface area contributed by atoms with Crippen LogP contribution in [0.3, 0.4) is 0 Å². The van der Waals surface area contributed by atoms with Crippen LogP contribution in [0, 0.1) is 0 Å². The van der Waals surface area contributed by atoms with Crippen molar-refractivity contribution in [2.24, 2.45) is 10.7 Å². The number of nitrogens with zero attached hydrogens (tertiary/aromatic N) is 1. The third-order valence-corrected chi connectivity index (χ3v) is 0.895. The highest BCUT2D eigenvalue weighted by molar-refractivity contribution is 5.55. The van der Waals surface area contributed by atoms with Gasteiger partial charge in [-0.3, -0.25) is 0 Å². The standard InChI is InChI=1S/C6H13N3/c1-3-6(2)9-5-8-4-7/h3,5H,4,7H2,1-2H3,(H,8,9)/b6-3-. The quantitative estimate of drug-likeness (QED) is 0.328. The number of aliphatic imine (C=N–C) groups is 1. The van der Waals surface area contributed by atoms with Crippen LogP contribution in [-0.4, -0.2) is 13.0 Å². The zero-order valence-electron chi connectivity index (χ0n) is 5.89. The lowest BCUT2D eigenvalue weighted by Gasteiger charge is -1.90. The van der Waals surface area contributed by atoms with E-state index in [9.17, 15) is 0 Å². The number of hydrogen-bond donors (Lipinski definition) is 2. The molecule has 3 heteroatoms. The van der Waals surface area contributed by atoms with E-state index in [1.807, 2.05) is 19.9 Å². The topological polar surface area (TPSA) is 50.4 Å². The molecule has 0 aromatic heterocycles. The molecule has 0 aromatic rings. The largest absolute Gasteiger partial charge is 0.364 e. The molecular formula is C6H13N3. The molecule has 0 fully saturated rings. The molecule has 3 N–H and O–H groups in total. The average molecular weight is 127 g/mol. The third kappa shape index (κ3) is 5.03. The van der Waals surface area contributed by atoms with E-state index in [0.29, 0.717) is 6.67 Å². The van der Waals surface area contributed by atoms with Crippen LogP contribution < -0.4 is 11.1 Å². The minimum absolute atomic E-state index is 0.431. The van der Waals surface area contributed by atoms with Gasteiger partial charge in [0.1, 0.15) is 0 Å². The summed E-state index contributed by atoms with van der Waals surface area (Å²) >= 11 is 0. The Morgan fingerprint density at radius 2 is 2.44 bits per heavy atom. The van der Waals surface area contributed by atoms with Crippen LogP contribution in [0.2, 0.25) is 0 Å². The smallest absolute Gasteiger partial charge is 0.0891 e. The van der Waals surface area contributed by atoms with Crippen molar-refractivity contribution in [2.45, 2.75) is 13.8 Å². The molecule has 0 rings (SSSR count). The highest BCUT2D eigenvalue weighted by Gasteiger charge is 1.74. The molecule has 0 bridgehead atoms. The van der Waals surface area contributed by atoms with Crippen molar-refractivity contribution in [3.8, 4) is 0 Å². The van der Waals surface area contributed by atoms with E-state index in [1.54, 1.807) is 6.34 Å². The Balaban J connectivity index is 3.45. The Hall–Kier alpha value is -0.830. The Kier molecular flexibility index (Phi) is 4.82. The van der Waals surface area contributed by atoms with E-state index in [1.165, 1.54) is 0 Å². The third-order valence-electron chi connectivity index (χ3n) is 0.895. The van der Waals surface area contributed by atoms with E-state index >= 15 is 0 Å². The maximum atomic E-state index is 5.13. The highest BCUT2D eigenvalue weighted by atomic mass is 15.0. The molecule has 0 aliphatic carbocycles. The fraction of sp³-hybridized carbons (Fsp3) is 0.500. The number of nitrogens with two attached hydrogens (primary N) is 1. The molecule has 0 atom stereocenters. The van der Waals surface area contributed by atoms with E-state index in [2.05, 4.69) is 10.3 Å². The molecule has 0 heterocycles. The van der Waals surface area contributed by atoms with Crippen LogP contribution in [0.4, 0.5) is 0 Å². The fourth-order valence-corrected chi connectivity index (χ4v) is 0.275. The summed E-state index contributed by atoms with van der Waals surface area (Å²) in [5.41, 5.74) is 6.12. The van der Waals surface area contributed by atoms with Gasteiger partial charge in [-0.2, -0.15) is 0 Å². The molecule has 0 aromatic carbocycles. The van der Waals surface area contributed by atoms with Crippen molar-refractivity contribution in [1.82, 2.24) is 5.32 Å². The van der Waals surface area contributed by atoms with E-state index in [0.717, 1.165) is 5.70 Å². The monoisotopic (exact) mass is 127 g/mol. The fourth-order valence-electron chi connectivity index (χ4n) is 0.275. The van der Waals surface area contributed by atoms with Crippen LogP contribution in [0.1, 0.15) is 13.8 Å². The summed E-state index contributed by atoms with van der Waals surface area (Å²) in [7, 11) is 0. The molecule has 9 heavy (non-hydrogen) atoms. The predicted molar refractivity (Wildman–Crippen MR) is 40.1 cm³/mol. The average Bonchev–Trinajstić information content (AvgIpc) is 1.89. The SMILES string of the molecule is C/C=C(C)\N=C/NCN. The van der Waals surface area contributed by atoms with Crippen LogP contribution in [0.25, 0.3) is 0 Å². The maximum Gasteiger partial charge on any atom is 0.0891 e. The first kappa shape index (κ1) is 8.17. The summed E-state index contributed by atoms with van der Waals surface area (Å²) < 4.78 is 0. The first-order chi connectivity index (χ1) is 4.31. The van der Waals surface area contributed by atoms with Gasteiger partial charge in [-0.05, 0) is 13.8 Å². The van der Waals surface area contributed by atoms with Gasteiger partial charge in [-0.15, -0.1) is 0 Å². The maximum absolute atomic E-state index is 5.13. The van der Waals surface area contributed by atoms with Crippen molar-refractivity contribution in [3.63, 3.8) is 0 Å². The predicted octanol–water partition coefficient (Wildman–Crippen LogP) is 0.444. The summed E-state index contributed by atoms with van der Waals surface area (Å²) in [6.07, 6.45) is 3.52. The van der Waals surface area contributed by atoms with Gasteiger partial charge in [-0.1, -0.05) is 6.08 Å². The molecule has 0 spiro atoms. The molecule has 0 aliphatic rings. The van der Waals surface area contributed by atoms with Crippen LogP contribution in [0.5, 0.6) is 0 Å². The second-order valence-corrected chi connectivity index (χ2v) is 1.60. The van der Waals surface area contributed by atoms with E-state index in [4.69, 9.17) is 5.73 Å². The van der Waals surface area contributed by atoms with Crippen molar-refractivity contribution in [2.75, 3.05) is 6.67 Å². The van der Waals surface area contributed by atoms with Gasteiger partial charge >= 0.3 is 0 Å². The minimum Gasteiger partial charge on any atom is -0.364 e. The molecule has 0 saturated heterocycles. The van der Waals surface area contributed by atoms with Gasteiger partial charge in [-0.25, -0.2) is 4.99 Å². The van der Waals surface area contributed by atoms with E-state index < -0.39 is 0 Å². The van der Waals surface area contributed by atoms with Crippen LogP contribution >= 0.6 is 0 Å². The molecule has 0 unspecified atom stereocenters. The normalized spacial score (nSPS) is 12.6. The van der Waals surface area contributed by atoms with Gasteiger partial charge in [0.05, 0.1) is 13.0 Å². The lowest BCUT2D eigenvalue weighted by molar-refractivity contribution is 0.941. The molecule has 0 amide bonds. The van der Waals surface area contributed by atoms with Crippen molar-refractivity contribution in [1.29, 1.82) is 0 Å².